The van der Waals surface area contributed by atoms with Gasteiger partial charge in [-0.15, -0.1) is 37.2 Å². The molecule has 18 heavy (non-hydrogen) atoms. The van der Waals surface area contributed by atoms with E-state index in [2.05, 4.69) is 74.6 Å². The molecule has 0 nitrogen and oxygen atoms in total. The zero-order chi connectivity index (χ0) is 11.1. The number of hydrogen-bond acceptors (Lipinski definition) is 0. The van der Waals surface area contributed by atoms with Gasteiger partial charge in [-0.3, -0.25) is 0 Å². The SMILES string of the molecule is Cc1cccc(C)c1C1=C[C](C)([V])C=C1.Cl.Cl.Cl. The van der Waals surface area contributed by atoms with Gasteiger partial charge >= 0.3 is 101 Å². The normalized spacial score (nSPS) is 20.3. The smallest absolute Gasteiger partial charge is 0.147 e. The molecule has 0 amide bonds. The van der Waals surface area contributed by atoms with Gasteiger partial charge in [-0.2, -0.15) is 0 Å². The van der Waals surface area contributed by atoms with Gasteiger partial charge in [0.25, 0.3) is 0 Å². The summed E-state index contributed by atoms with van der Waals surface area (Å²) in [5.74, 6) is 0. The molecule has 0 bridgehead atoms. The number of aryl methyl sites for hydroxylation is 2. The van der Waals surface area contributed by atoms with Crippen molar-refractivity contribution in [3.05, 3.63) is 53.1 Å². The molecule has 1 aromatic carbocycles. The maximum absolute atomic E-state index is 2.72. The van der Waals surface area contributed by atoms with Crippen molar-refractivity contribution in [1.29, 1.82) is 0 Å². The second kappa shape index (κ2) is 7.67. The fourth-order valence-electron chi connectivity index (χ4n) is 2.09. The monoisotopic (exact) mass is 342 g/mol. The maximum Gasteiger partial charge on any atom is -0.147 e. The first-order valence-corrected chi connectivity index (χ1v) is 5.90. The summed E-state index contributed by atoms with van der Waals surface area (Å²) in [5, 5.41) is 0. The minimum atomic E-state index is 0. The molecule has 100 valence electrons. The van der Waals surface area contributed by atoms with E-state index in [1.165, 1.54) is 22.3 Å². The molecular weight excluding hydrogens is 325 g/mol. The molecule has 0 fully saturated rings. The van der Waals surface area contributed by atoms with Crippen LogP contribution in [-0.4, -0.2) is 0 Å². The molecule has 0 aromatic heterocycles. The third-order valence-corrected chi connectivity index (χ3v) is 3.25. The summed E-state index contributed by atoms with van der Waals surface area (Å²) in [7, 11) is 0. The van der Waals surface area contributed by atoms with E-state index in [1.807, 2.05) is 0 Å². The average molecular weight is 344 g/mol. The molecule has 1 atom stereocenters. The predicted molar refractivity (Wildman–Crippen MR) is 83.1 cm³/mol. The number of rotatable bonds is 1. The van der Waals surface area contributed by atoms with Gasteiger partial charge in [0.2, 0.25) is 0 Å². The quantitative estimate of drug-likeness (QED) is 0.653. The second-order valence-electron chi connectivity index (χ2n) is 4.43. The molecule has 4 heteroatoms. The first kappa shape index (κ1) is 20.5. The molecule has 0 spiro atoms. The van der Waals surface area contributed by atoms with Crippen LogP contribution < -0.4 is 0 Å². The van der Waals surface area contributed by atoms with E-state index in [0.717, 1.165) is 0 Å². The Morgan fingerprint density at radius 3 is 1.89 bits per heavy atom. The molecule has 2 rings (SSSR count). The fraction of sp³-hybridized carbons (Fsp3) is 0.286. The average Bonchev–Trinajstić information content (AvgIpc) is 2.46. The van der Waals surface area contributed by atoms with Gasteiger partial charge in [-0.1, -0.05) is 0 Å². The molecule has 0 saturated carbocycles. The Hall–Kier alpha value is 0.154. The van der Waals surface area contributed by atoms with E-state index in [4.69, 9.17) is 0 Å². The van der Waals surface area contributed by atoms with Crippen LogP contribution in [0.1, 0.15) is 23.6 Å². The first-order chi connectivity index (χ1) is 6.99. The van der Waals surface area contributed by atoms with Crippen LogP contribution in [0.4, 0.5) is 0 Å². The van der Waals surface area contributed by atoms with Gasteiger partial charge in [0.05, 0.1) is 0 Å². The zero-order valence-corrected chi connectivity index (χ0v) is 14.5. The van der Waals surface area contributed by atoms with Gasteiger partial charge in [0.1, 0.15) is 0 Å². The van der Waals surface area contributed by atoms with Crippen LogP contribution in [-0.2, 0) is 17.4 Å². The van der Waals surface area contributed by atoms with Crippen LogP contribution in [0.5, 0.6) is 0 Å². The summed E-state index contributed by atoms with van der Waals surface area (Å²) >= 11 is 2.72. The molecule has 0 saturated heterocycles. The third-order valence-electron chi connectivity index (χ3n) is 2.82. The number of benzene rings is 1. The van der Waals surface area contributed by atoms with Crippen molar-refractivity contribution in [2.75, 3.05) is 0 Å². The molecule has 1 unspecified atom stereocenters. The fourth-order valence-corrected chi connectivity index (χ4v) is 2.43. The van der Waals surface area contributed by atoms with Crippen molar-refractivity contribution in [3.63, 3.8) is 0 Å². The van der Waals surface area contributed by atoms with Gasteiger partial charge in [0.15, 0.2) is 0 Å². The third kappa shape index (κ3) is 4.36. The predicted octanol–water partition coefficient (Wildman–Crippen LogP) is 5.25. The van der Waals surface area contributed by atoms with Gasteiger partial charge < -0.3 is 0 Å². The minimum absolute atomic E-state index is 0. The van der Waals surface area contributed by atoms with Crippen molar-refractivity contribution in [2.24, 2.45) is 0 Å². The molecule has 0 N–H and O–H groups in total. The zero-order valence-electron chi connectivity index (χ0n) is 10.6. The van der Waals surface area contributed by atoms with Crippen molar-refractivity contribution in [3.8, 4) is 0 Å². The molecule has 1 aliphatic rings. The van der Waals surface area contributed by atoms with E-state index < -0.39 is 0 Å². The van der Waals surface area contributed by atoms with E-state index in [1.54, 1.807) is 0 Å². The standard InChI is InChI=1S/C14H15.3ClH.V/c1-10-7-8-13(9-10)14-11(2)5-4-6-12(14)3;;;;/h4-9H,1-3H3;3*1H;. The summed E-state index contributed by atoms with van der Waals surface area (Å²) in [6, 6.07) is 6.48. The molecule has 1 aliphatic carbocycles. The Labute approximate surface area is 138 Å². The van der Waals surface area contributed by atoms with Crippen LogP contribution in [0.15, 0.2) is 36.4 Å². The van der Waals surface area contributed by atoms with Gasteiger partial charge in [-0.05, 0) is 0 Å². The Morgan fingerprint density at radius 2 is 1.50 bits per heavy atom. The Morgan fingerprint density at radius 1 is 1.00 bits per heavy atom. The Bertz CT molecular complexity index is 442. The number of hydrogen-bond donors (Lipinski definition) is 0. The van der Waals surface area contributed by atoms with Crippen LogP contribution in [0.2, 0.25) is 4.13 Å². The van der Waals surface area contributed by atoms with Crippen LogP contribution in [0.3, 0.4) is 0 Å². The Kier molecular flexibility index (Phi) is 8.73. The number of allylic oxidation sites excluding steroid dienone is 4. The van der Waals surface area contributed by atoms with Crippen molar-refractivity contribution < 1.29 is 17.4 Å². The van der Waals surface area contributed by atoms with Crippen LogP contribution >= 0.6 is 37.2 Å². The summed E-state index contributed by atoms with van der Waals surface area (Å²) in [4.78, 5) is 0. The number of halogens is 3. The summed E-state index contributed by atoms with van der Waals surface area (Å²) in [5.41, 5.74) is 5.46. The Balaban J connectivity index is 0. The van der Waals surface area contributed by atoms with E-state index in [9.17, 15) is 0 Å². The molecule has 0 aliphatic heterocycles. The van der Waals surface area contributed by atoms with Crippen molar-refractivity contribution >= 4 is 42.8 Å². The largest absolute Gasteiger partial charge is 0.147 e. The van der Waals surface area contributed by atoms with Crippen LogP contribution in [0, 0.1) is 13.8 Å². The molecule has 1 aromatic rings. The summed E-state index contributed by atoms with van der Waals surface area (Å²) in [6.07, 6.45) is 6.80. The van der Waals surface area contributed by atoms with Crippen LogP contribution in [0.25, 0.3) is 5.57 Å². The van der Waals surface area contributed by atoms with E-state index in [-0.39, 0.29) is 41.3 Å². The van der Waals surface area contributed by atoms with Gasteiger partial charge in [0, 0.05) is 0 Å². The van der Waals surface area contributed by atoms with E-state index >= 15 is 0 Å². The van der Waals surface area contributed by atoms with E-state index in [0.29, 0.717) is 0 Å². The minimum Gasteiger partial charge on any atom is -0.147 e. The van der Waals surface area contributed by atoms with Gasteiger partial charge in [-0.25, -0.2) is 0 Å². The molecule has 0 radical (unpaired) electrons. The first-order valence-electron chi connectivity index (χ1n) is 5.21. The maximum atomic E-state index is 2.72. The van der Waals surface area contributed by atoms with Crippen molar-refractivity contribution in [2.45, 2.75) is 24.9 Å². The second-order valence-corrected chi connectivity index (χ2v) is 5.93. The van der Waals surface area contributed by atoms with Crippen molar-refractivity contribution in [1.82, 2.24) is 0 Å². The molecule has 0 heterocycles. The molecular formula is C14H18Cl3V. The summed E-state index contributed by atoms with van der Waals surface area (Å²) < 4.78 is 0.150. The topological polar surface area (TPSA) is 0 Å². The summed E-state index contributed by atoms with van der Waals surface area (Å²) in [6.45, 7) is 6.57.